The van der Waals surface area contributed by atoms with Gasteiger partial charge in [-0.1, -0.05) is 59.9 Å². The zero-order chi connectivity index (χ0) is 18.5. The second-order valence-corrected chi connectivity index (χ2v) is 6.68. The largest absolute Gasteiger partial charge is 0.431 e. The van der Waals surface area contributed by atoms with Gasteiger partial charge < -0.3 is 10.1 Å². The molecule has 0 aliphatic carbocycles. The van der Waals surface area contributed by atoms with E-state index in [9.17, 15) is 4.79 Å². The summed E-state index contributed by atoms with van der Waals surface area (Å²) in [7, 11) is 0. The van der Waals surface area contributed by atoms with Crippen LogP contribution < -0.4 is 10.1 Å². The van der Waals surface area contributed by atoms with Crippen molar-refractivity contribution in [3.05, 3.63) is 96.0 Å². The summed E-state index contributed by atoms with van der Waals surface area (Å²) in [5.74, 6) is 0.393. The molecule has 0 aliphatic rings. The third-order valence-corrected chi connectivity index (χ3v) is 4.61. The number of rotatable bonds is 5. The van der Waals surface area contributed by atoms with Crippen molar-refractivity contribution in [2.24, 2.45) is 0 Å². The molecule has 1 heterocycles. The topological polar surface area (TPSA) is 51.2 Å². The number of nitrogens with zero attached hydrogens (tertiary/aromatic N) is 1. The van der Waals surface area contributed by atoms with Crippen molar-refractivity contribution >= 4 is 22.9 Å². The molecule has 0 fully saturated rings. The molecule has 0 aliphatic heterocycles. The molecule has 3 aromatic carbocycles. The number of benzene rings is 3. The van der Waals surface area contributed by atoms with Gasteiger partial charge in [-0.15, -0.1) is 0 Å². The van der Waals surface area contributed by atoms with Crippen LogP contribution in [0.4, 0.5) is 5.69 Å². The molecular weight excluding hydrogens is 356 g/mol. The van der Waals surface area contributed by atoms with E-state index in [1.807, 2.05) is 47.8 Å². The van der Waals surface area contributed by atoms with E-state index in [0.29, 0.717) is 16.5 Å². The summed E-state index contributed by atoms with van der Waals surface area (Å²) in [6.45, 7) is 0. The molecule has 0 atom stereocenters. The van der Waals surface area contributed by atoms with E-state index in [1.165, 1.54) is 11.3 Å². The van der Waals surface area contributed by atoms with Gasteiger partial charge in [0, 0.05) is 22.8 Å². The first-order valence-electron chi connectivity index (χ1n) is 8.42. The molecule has 4 nitrogen and oxygen atoms in total. The van der Waals surface area contributed by atoms with E-state index in [1.54, 1.807) is 30.5 Å². The number of ether oxygens (including phenoxy) is 1. The van der Waals surface area contributed by atoms with Gasteiger partial charge in [-0.25, -0.2) is 4.98 Å². The zero-order valence-corrected chi connectivity index (χ0v) is 15.1. The van der Waals surface area contributed by atoms with Crippen LogP contribution in [0.25, 0.3) is 11.1 Å². The van der Waals surface area contributed by atoms with Gasteiger partial charge in [-0.2, -0.15) is 0 Å². The quantitative estimate of drug-likeness (QED) is 0.478. The molecular formula is C22H16N2O2S. The van der Waals surface area contributed by atoms with E-state index >= 15 is 0 Å². The van der Waals surface area contributed by atoms with Crippen molar-refractivity contribution in [3.8, 4) is 22.1 Å². The maximum absolute atomic E-state index is 12.5. The van der Waals surface area contributed by atoms with Crippen LogP contribution in [0.1, 0.15) is 10.4 Å². The van der Waals surface area contributed by atoms with Crippen LogP contribution in [0.5, 0.6) is 10.9 Å². The van der Waals surface area contributed by atoms with Crippen molar-refractivity contribution in [2.45, 2.75) is 0 Å². The molecule has 0 bridgehead atoms. The lowest BCUT2D eigenvalue weighted by Gasteiger charge is -2.08. The fraction of sp³-hybridized carbons (Fsp3) is 0. The molecule has 0 spiro atoms. The number of thiazole rings is 1. The molecule has 0 saturated heterocycles. The standard InChI is InChI=1S/C22H16N2O2S/c25-21(18-7-4-8-20(15-18)26-22-23-13-14-27-22)24-19-11-9-17(10-12-19)16-5-2-1-3-6-16/h1-15H,(H,24,25). The number of carbonyl (C=O) groups excluding carboxylic acids is 1. The molecule has 1 aromatic heterocycles. The van der Waals surface area contributed by atoms with E-state index in [-0.39, 0.29) is 5.91 Å². The molecule has 27 heavy (non-hydrogen) atoms. The maximum Gasteiger partial charge on any atom is 0.278 e. The Morgan fingerprint density at radius 1 is 0.889 bits per heavy atom. The molecule has 4 aromatic rings. The maximum atomic E-state index is 12.5. The van der Waals surface area contributed by atoms with E-state index < -0.39 is 0 Å². The second-order valence-electron chi connectivity index (χ2n) is 5.83. The smallest absolute Gasteiger partial charge is 0.278 e. The monoisotopic (exact) mass is 372 g/mol. The summed E-state index contributed by atoms with van der Waals surface area (Å²) in [6.07, 6.45) is 1.68. The van der Waals surface area contributed by atoms with Crippen LogP contribution >= 0.6 is 11.3 Å². The fourth-order valence-corrected chi connectivity index (χ4v) is 3.15. The highest BCUT2D eigenvalue weighted by Gasteiger charge is 2.09. The first-order chi connectivity index (χ1) is 13.3. The van der Waals surface area contributed by atoms with Gasteiger partial charge in [0.25, 0.3) is 11.1 Å². The first kappa shape index (κ1) is 17.0. The Balaban J connectivity index is 1.46. The minimum absolute atomic E-state index is 0.188. The fourth-order valence-electron chi connectivity index (χ4n) is 2.64. The van der Waals surface area contributed by atoms with Gasteiger partial charge in [-0.05, 0) is 41.5 Å². The highest BCUT2D eigenvalue weighted by molar-refractivity contribution is 7.11. The predicted molar refractivity (Wildman–Crippen MR) is 108 cm³/mol. The van der Waals surface area contributed by atoms with Crippen molar-refractivity contribution in [3.63, 3.8) is 0 Å². The van der Waals surface area contributed by atoms with Gasteiger partial charge in [0.05, 0.1) is 0 Å². The lowest BCUT2D eigenvalue weighted by Crippen LogP contribution is -2.11. The number of nitrogens with one attached hydrogen (secondary N) is 1. The van der Waals surface area contributed by atoms with E-state index in [0.717, 1.165) is 16.8 Å². The van der Waals surface area contributed by atoms with Gasteiger partial charge >= 0.3 is 0 Å². The van der Waals surface area contributed by atoms with Crippen molar-refractivity contribution in [1.82, 2.24) is 4.98 Å². The average Bonchev–Trinajstić information content (AvgIpc) is 3.22. The molecule has 0 radical (unpaired) electrons. The summed E-state index contributed by atoms with van der Waals surface area (Å²) in [5.41, 5.74) is 3.51. The van der Waals surface area contributed by atoms with Crippen LogP contribution in [-0.4, -0.2) is 10.9 Å². The Morgan fingerprint density at radius 3 is 2.41 bits per heavy atom. The number of amides is 1. The number of anilines is 1. The van der Waals surface area contributed by atoms with Gasteiger partial charge in [0.2, 0.25) is 0 Å². The average molecular weight is 372 g/mol. The lowest BCUT2D eigenvalue weighted by molar-refractivity contribution is 0.102. The predicted octanol–water partition coefficient (Wildman–Crippen LogP) is 5.85. The number of carbonyl (C=O) groups is 1. The minimum Gasteiger partial charge on any atom is -0.431 e. The summed E-state index contributed by atoms with van der Waals surface area (Å²) >= 11 is 1.40. The van der Waals surface area contributed by atoms with Gasteiger partial charge in [0.15, 0.2) is 0 Å². The van der Waals surface area contributed by atoms with Crippen molar-refractivity contribution in [2.75, 3.05) is 5.32 Å². The third kappa shape index (κ3) is 4.22. The second kappa shape index (κ2) is 7.85. The lowest BCUT2D eigenvalue weighted by atomic mass is 10.1. The Morgan fingerprint density at radius 2 is 1.67 bits per heavy atom. The van der Waals surface area contributed by atoms with Crippen LogP contribution in [0, 0.1) is 0 Å². The molecule has 0 unspecified atom stereocenters. The minimum atomic E-state index is -0.188. The van der Waals surface area contributed by atoms with Crippen LogP contribution in [0.3, 0.4) is 0 Å². The summed E-state index contributed by atoms with van der Waals surface area (Å²) in [5, 5.41) is 5.30. The number of aromatic nitrogens is 1. The highest BCUT2D eigenvalue weighted by Crippen LogP contribution is 2.25. The third-order valence-electron chi connectivity index (χ3n) is 3.96. The number of hydrogen-bond acceptors (Lipinski definition) is 4. The van der Waals surface area contributed by atoms with Crippen molar-refractivity contribution in [1.29, 1.82) is 0 Å². The molecule has 132 valence electrons. The number of hydrogen-bond donors (Lipinski definition) is 1. The van der Waals surface area contributed by atoms with Crippen LogP contribution in [0.15, 0.2) is 90.4 Å². The normalized spacial score (nSPS) is 10.4. The van der Waals surface area contributed by atoms with Crippen LogP contribution in [-0.2, 0) is 0 Å². The Hall–Kier alpha value is -3.44. The molecule has 1 amide bonds. The highest BCUT2D eigenvalue weighted by atomic mass is 32.1. The Kier molecular flexibility index (Phi) is 4.94. The van der Waals surface area contributed by atoms with E-state index in [2.05, 4.69) is 22.4 Å². The zero-order valence-electron chi connectivity index (χ0n) is 14.3. The summed E-state index contributed by atoms with van der Waals surface area (Å²) in [4.78, 5) is 16.6. The van der Waals surface area contributed by atoms with Crippen LogP contribution in [0.2, 0.25) is 0 Å². The summed E-state index contributed by atoms with van der Waals surface area (Å²) < 4.78 is 5.65. The Bertz CT molecular complexity index is 1030. The van der Waals surface area contributed by atoms with Gasteiger partial charge in [-0.3, -0.25) is 4.79 Å². The van der Waals surface area contributed by atoms with E-state index in [4.69, 9.17) is 4.74 Å². The van der Waals surface area contributed by atoms with Crippen molar-refractivity contribution < 1.29 is 9.53 Å². The summed E-state index contributed by atoms with van der Waals surface area (Å²) in [6, 6.07) is 24.9. The molecule has 4 rings (SSSR count). The molecule has 1 N–H and O–H groups in total. The molecule has 5 heteroatoms. The molecule has 0 saturated carbocycles. The Labute approximate surface area is 161 Å². The van der Waals surface area contributed by atoms with Gasteiger partial charge in [0.1, 0.15) is 5.75 Å². The SMILES string of the molecule is O=C(Nc1ccc(-c2ccccc2)cc1)c1cccc(Oc2nccs2)c1. The first-order valence-corrected chi connectivity index (χ1v) is 9.30.